The van der Waals surface area contributed by atoms with Crippen molar-refractivity contribution in [3.63, 3.8) is 0 Å². The highest BCUT2D eigenvalue weighted by atomic mass is 16.1. The zero-order valence-electron chi connectivity index (χ0n) is 6.34. The van der Waals surface area contributed by atoms with Gasteiger partial charge in [0.15, 0.2) is 12.1 Å². The molecule has 0 aliphatic carbocycles. The van der Waals surface area contributed by atoms with Gasteiger partial charge in [-0.2, -0.15) is 5.10 Å². The van der Waals surface area contributed by atoms with Gasteiger partial charge in [-0.3, -0.25) is 4.79 Å². The molecule has 0 unspecified atom stereocenters. The summed E-state index contributed by atoms with van der Waals surface area (Å²) in [5, 5.41) is 3.97. The SMILES string of the molecule is O=Cc1cnn2c1N=CCC=C2. The van der Waals surface area contributed by atoms with Gasteiger partial charge in [-0.05, 0) is 0 Å². The Kier molecular flexibility index (Phi) is 1.59. The van der Waals surface area contributed by atoms with E-state index in [2.05, 4.69) is 10.1 Å². The Balaban J connectivity index is 2.60. The maximum Gasteiger partial charge on any atom is 0.165 e. The third kappa shape index (κ3) is 0.972. The fourth-order valence-corrected chi connectivity index (χ4v) is 1.06. The third-order valence-corrected chi connectivity index (χ3v) is 1.63. The van der Waals surface area contributed by atoms with E-state index in [9.17, 15) is 4.79 Å². The van der Waals surface area contributed by atoms with Crippen LogP contribution in [0.25, 0.3) is 6.20 Å². The summed E-state index contributed by atoms with van der Waals surface area (Å²) >= 11 is 0. The van der Waals surface area contributed by atoms with E-state index < -0.39 is 0 Å². The van der Waals surface area contributed by atoms with Gasteiger partial charge in [-0.25, -0.2) is 9.67 Å². The van der Waals surface area contributed by atoms with Gasteiger partial charge < -0.3 is 0 Å². The van der Waals surface area contributed by atoms with Crippen LogP contribution in [-0.2, 0) is 0 Å². The molecule has 0 spiro atoms. The molecule has 2 rings (SSSR count). The van der Waals surface area contributed by atoms with E-state index in [1.807, 2.05) is 6.08 Å². The van der Waals surface area contributed by atoms with Gasteiger partial charge >= 0.3 is 0 Å². The summed E-state index contributed by atoms with van der Waals surface area (Å²) in [5.41, 5.74) is 0.526. The fraction of sp³-hybridized carbons (Fsp3) is 0.125. The van der Waals surface area contributed by atoms with Crippen LogP contribution in [0.15, 0.2) is 17.3 Å². The normalized spacial score (nSPS) is 14.0. The molecular weight excluding hydrogens is 154 g/mol. The number of nitrogens with zero attached hydrogens (tertiary/aromatic N) is 3. The molecule has 1 aliphatic rings. The summed E-state index contributed by atoms with van der Waals surface area (Å²) in [4.78, 5) is 14.6. The minimum atomic E-state index is 0.526. The highest BCUT2D eigenvalue weighted by Gasteiger charge is 2.07. The number of aldehydes is 1. The second kappa shape index (κ2) is 2.73. The molecule has 0 radical (unpaired) electrons. The molecule has 0 fully saturated rings. The molecule has 4 nitrogen and oxygen atoms in total. The molecule has 0 N–H and O–H groups in total. The van der Waals surface area contributed by atoms with Gasteiger partial charge in [0.1, 0.15) is 0 Å². The number of fused-ring (bicyclic) bond motifs is 1. The molecule has 1 aromatic heterocycles. The molecule has 12 heavy (non-hydrogen) atoms. The maximum atomic E-state index is 10.5. The van der Waals surface area contributed by atoms with Crippen LogP contribution in [-0.4, -0.2) is 22.3 Å². The van der Waals surface area contributed by atoms with Gasteiger partial charge in [-0.15, -0.1) is 0 Å². The molecule has 4 heteroatoms. The van der Waals surface area contributed by atoms with Crippen LogP contribution in [0.5, 0.6) is 0 Å². The van der Waals surface area contributed by atoms with Crippen molar-refractivity contribution in [3.05, 3.63) is 17.8 Å². The lowest BCUT2D eigenvalue weighted by Crippen LogP contribution is -1.86. The van der Waals surface area contributed by atoms with Gasteiger partial charge in [-0.1, -0.05) is 6.08 Å². The summed E-state index contributed by atoms with van der Waals surface area (Å²) in [7, 11) is 0. The average Bonchev–Trinajstić information content (AvgIpc) is 2.33. The summed E-state index contributed by atoms with van der Waals surface area (Å²) in [6.45, 7) is 0. The van der Waals surface area contributed by atoms with Crippen LogP contribution in [0.3, 0.4) is 0 Å². The summed E-state index contributed by atoms with van der Waals surface area (Å²) in [6, 6.07) is 0. The highest BCUT2D eigenvalue weighted by molar-refractivity contribution is 5.84. The van der Waals surface area contributed by atoms with Crippen LogP contribution < -0.4 is 0 Å². The van der Waals surface area contributed by atoms with Crippen molar-refractivity contribution in [1.82, 2.24) is 9.78 Å². The van der Waals surface area contributed by atoms with Gasteiger partial charge in [0.25, 0.3) is 0 Å². The minimum absolute atomic E-state index is 0.526. The number of rotatable bonds is 1. The van der Waals surface area contributed by atoms with Crippen LogP contribution in [0.4, 0.5) is 5.82 Å². The summed E-state index contributed by atoms with van der Waals surface area (Å²) in [6.07, 6.45) is 8.53. The highest BCUT2D eigenvalue weighted by Crippen LogP contribution is 2.18. The quantitative estimate of drug-likeness (QED) is 0.582. The molecule has 0 amide bonds. The van der Waals surface area contributed by atoms with Crippen LogP contribution in [0.2, 0.25) is 0 Å². The molecule has 1 aliphatic heterocycles. The van der Waals surface area contributed by atoms with Crippen molar-refractivity contribution in [3.8, 4) is 0 Å². The van der Waals surface area contributed by atoms with Crippen LogP contribution in [0, 0.1) is 0 Å². The molecule has 0 atom stereocenters. The van der Waals surface area contributed by atoms with Crippen LogP contribution >= 0.6 is 0 Å². The van der Waals surface area contributed by atoms with Crippen molar-refractivity contribution in [2.45, 2.75) is 6.42 Å². The van der Waals surface area contributed by atoms with Gasteiger partial charge in [0.05, 0.1) is 11.8 Å². The van der Waals surface area contributed by atoms with E-state index in [4.69, 9.17) is 0 Å². The van der Waals surface area contributed by atoms with E-state index in [1.54, 1.807) is 17.1 Å². The molecule has 0 saturated carbocycles. The van der Waals surface area contributed by atoms with E-state index in [1.165, 1.54) is 6.20 Å². The molecule has 2 heterocycles. The van der Waals surface area contributed by atoms with Crippen molar-refractivity contribution in [2.24, 2.45) is 4.99 Å². The summed E-state index contributed by atoms with van der Waals surface area (Å²) in [5.74, 6) is 0.610. The summed E-state index contributed by atoms with van der Waals surface area (Å²) < 4.78 is 1.59. The van der Waals surface area contributed by atoms with Crippen LogP contribution in [0.1, 0.15) is 16.8 Å². The molecule has 0 bridgehead atoms. The zero-order valence-corrected chi connectivity index (χ0v) is 6.34. The Morgan fingerprint density at radius 1 is 1.58 bits per heavy atom. The predicted molar refractivity (Wildman–Crippen MR) is 45.7 cm³/mol. The smallest absolute Gasteiger partial charge is 0.165 e. The van der Waals surface area contributed by atoms with E-state index in [-0.39, 0.29) is 0 Å². The number of aliphatic imine (C=N–C) groups is 1. The van der Waals surface area contributed by atoms with E-state index in [0.29, 0.717) is 11.4 Å². The number of hydrogen-bond acceptors (Lipinski definition) is 3. The molecular formula is C8H7N3O. The zero-order chi connectivity index (χ0) is 8.39. The first-order valence-electron chi connectivity index (χ1n) is 3.63. The molecule has 60 valence electrons. The molecule has 1 aromatic rings. The number of carbonyl (C=O) groups is 1. The average molecular weight is 161 g/mol. The lowest BCUT2D eigenvalue weighted by atomic mass is 10.4. The third-order valence-electron chi connectivity index (χ3n) is 1.63. The standard InChI is InChI=1S/C8H7N3O/c12-6-7-5-10-11-4-2-1-3-9-8(7)11/h2-6H,1H2. The first-order valence-corrected chi connectivity index (χ1v) is 3.63. The number of aromatic nitrogens is 2. The second-order valence-electron chi connectivity index (χ2n) is 2.42. The predicted octanol–water partition coefficient (Wildman–Crippen LogP) is 1.27. The Morgan fingerprint density at radius 3 is 3.33 bits per heavy atom. The minimum Gasteiger partial charge on any atom is -0.298 e. The number of hydrogen-bond donors (Lipinski definition) is 0. The van der Waals surface area contributed by atoms with Crippen molar-refractivity contribution < 1.29 is 4.79 Å². The molecule has 0 aromatic carbocycles. The Hall–Kier alpha value is -1.71. The Labute approximate surface area is 69.2 Å². The van der Waals surface area contributed by atoms with E-state index >= 15 is 0 Å². The van der Waals surface area contributed by atoms with Crippen molar-refractivity contribution >= 4 is 24.5 Å². The van der Waals surface area contributed by atoms with Gasteiger partial charge in [0, 0.05) is 18.8 Å². The first kappa shape index (κ1) is 6.97. The number of allylic oxidation sites excluding steroid dienone is 1. The Bertz CT molecular complexity index is 362. The second-order valence-corrected chi connectivity index (χ2v) is 2.42. The van der Waals surface area contributed by atoms with Crippen molar-refractivity contribution in [1.29, 1.82) is 0 Å². The van der Waals surface area contributed by atoms with Gasteiger partial charge in [0.2, 0.25) is 0 Å². The lowest BCUT2D eigenvalue weighted by Gasteiger charge is -1.92. The Morgan fingerprint density at radius 2 is 2.50 bits per heavy atom. The fourth-order valence-electron chi connectivity index (χ4n) is 1.06. The maximum absolute atomic E-state index is 10.5. The topological polar surface area (TPSA) is 47.2 Å². The van der Waals surface area contributed by atoms with E-state index in [0.717, 1.165) is 12.7 Å². The lowest BCUT2D eigenvalue weighted by molar-refractivity contribution is 0.112. The van der Waals surface area contributed by atoms with Crippen molar-refractivity contribution in [2.75, 3.05) is 0 Å². The number of carbonyl (C=O) groups excluding carboxylic acids is 1. The monoisotopic (exact) mass is 161 g/mol. The first-order chi connectivity index (χ1) is 5.92. The largest absolute Gasteiger partial charge is 0.298 e. The molecule has 0 saturated heterocycles.